The number of piperazine rings is 1. The van der Waals surface area contributed by atoms with Crippen molar-refractivity contribution in [1.29, 1.82) is 0 Å². The van der Waals surface area contributed by atoms with Crippen molar-refractivity contribution >= 4 is 0 Å². The quantitative estimate of drug-likeness (QED) is 0.910. The molecule has 1 unspecified atom stereocenters. The zero-order chi connectivity index (χ0) is 14.8. The van der Waals surface area contributed by atoms with Crippen LogP contribution in [0.1, 0.15) is 25.5 Å². The Bertz CT molecular complexity index is 430. The van der Waals surface area contributed by atoms with Gasteiger partial charge in [0.1, 0.15) is 5.75 Å². The highest BCUT2D eigenvalue weighted by Crippen LogP contribution is 2.28. The summed E-state index contributed by atoms with van der Waals surface area (Å²) in [5.41, 5.74) is 7.51. The fraction of sp³-hybridized carbons (Fsp3) is 0.625. The van der Waals surface area contributed by atoms with E-state index < -0.39 is 0 Å². The minimum Gasteiger partial charge on any atom is -0.497 e. The molecule has 0 aromatic heterocycles. The van der Waals surface area contributed by atoms with Gasteiger partial charge in [0.2, 0.25) is 0 Å². The van der Waals surface area contributed by atoms with E-state index in [0.29, 0.717) is 6.54 Å². The Morgan fingerprint density at radius 1 is 1.25 bits per heavy atom. The molecule has 1 aromatic rings. The van der Waals surface area contributed by atoms with Gasteiger partial charge < -0.3 is 10.5 Å². The first-order valence-corrected chi connectivity index (χ1v) is 7.27. The molecule has 0 radical (unpaired) electrons. The number of hydrogen-bond donors (Lipinski definition) is 1. The highest BCUT2D eigenvalue weighted by Gasteiger charge is 2.34. The van der Waals surface area contributed by atoms with Gasteiger partial charge in [-0.1, -0.05) is 12.1 Å². The zero-order valence-electron chi connectivity index (χ0n) is 13.1. The molecule has 0 amide bonds. The van der Waals surface area contributed by atoms with E-state index in [9.17, 15) is 0 Å². The molecule has 2 N–H and O–H groups in total. The first-order valence-electron chi connectivity index (χ1n) is 7.27. The molecule has 1 fully saturated rings. The van der Waals surface area contributed by atoms with Crippen molar-refractivity contribution in [2.45, 2.75) is 25.4 Å². The Kier molecular flexibility index (Phi) is 4.68. The molecule has 2 rings (SSSR count). The van der Waals surface area contributed by atoms with Crippen molar-refractivity contribution in [2.24, 2.45) is 5.73 Å². The molecule has 1 aliphatic rings. The van der Waals surface area contributed by atoms with Gasteiger partial charge in [0.05, 0.1) is 7.11 Å². The third kappa shape index (κ3) is 3.14. The molecule has 1 aliphatic heterocycles. The summed E-state index contributed by atoms with van der Waals surface area (Å²) in [7, 11) is 3.89. The minimum absolute atomic E-state index is 0.193. The van der Waals surface area contributed by atoms with Crippen molar-refractivity contribution in [2.75, 3.05) is 40.3 Å². The van der Waals surface area contributed by atoms with E-state index in [-0.39, 0.29) is 11.6 Å². The predicted molar refractivity (Wildman–Crippen MR) is 83.1 cm³/mol. The summed E-state index contributed by atoms with van der Waals surface area (Å²) in [6.45, 7) is 8.42. The molecular formula is C16H27N3O. The average molecular weight is 277 g/mol. The van der Waals surface area contributed by atoms with Crippen LogP contribution in [-0.4, -0.2) is 55.7 Å². The zero-order valence-corrected chi connectivity index (χ0v) is 13.1. The Labute approximate surface area is 122 Å². The van der Waals surface area contributed by atoms with E-state index in [1.807, 2.05) is 12.1 Å². The van der Waals surface area contributed by atoms with Crippen LogP contribution in [0.2, 0.25) is 0 Å². The maximum Gasteiger partial charge on any atom is 0.118 e. The maximum atomic E-state index is 6.04. The highest BCUT2D eigenvalue weighted by molar-refractivity contribution is 5.29. The summed E-state index contributed by atoms with van der Waals surface area (Å²) in [6.07, 6.45) is 0. The molecule has 4 heteroatoms. The van der Waals surface area contributed by atoms with E-state index in [2.05, 4.69) is 42.8 Å². The molecule has 1 atom stereocenters. The minimum atomic E-state index is 0.193. The number of likely N-dealkylation sites (N-methyl/N-ethyl adjacent to an activating group) is 1. The number of ether oxygens (including phenoxy) is 1. The van der Waals surface area contributed by atoms with Gasteiger partial charge in [-0.25, -0.2) is 0 Å². The normalized spacial score (nSPS) is 21.6. The lowest BCUT2D eigenvalue weighted by Gasteiger charge is -2.48. The van der Waals surface area contributed by atoms with Crippen molar-refractivity contribution in [3.05, 3.63) is 29.8 Å². The molecule has 1 aromatic carbocycles. The van der Waals surface area contributed by atoms with Crippen LogP contribution >= 0.6 is 0 Å². The molecule has 20 heavy (non-hydrogen) atoms. The van der Waals surface area contributed by atoms with Gasteiger partial charge in [0.15, 0.2) is 0 Å². The number of hydrogen-bond acceptors (Lipinski definition) is 4. The van der Waals surface area contributed by atoms with Gasteiger partial charge in [-0.05, 0) is 38.6 Å². The topological polar surface area (TPSA) is 41.7 Å². The highest BCUT2D eigenvalue weighted by atomic mass is 16.5. The average Bonchev–Trinajstić information content (AvgIpc) is 2.44. The molecule has 0 spiro atoms. The van der Waals surface area contributed by atoms with Gasteiger partial charge in [-0.2, -0.15) is 0 Å². The van der Waals surface area contributed by atoms with Crippen molar-refractivity contribution in [3.8, 4) is 5.75 Å². The lowest BCUT2D eigenvalue weighted by Crippen LogP contribution is -2.58. The van der Waals surface area contributed by atoms with Crippen LogP contribution in [0.25, 0.3) is 0 Å². The summed E-state index contributed by atoms with van der Waals surface area (Å²) in [6, 6.07) is 8.57. The number of nitrogens with zero attached hydrogens (tertiary/aromatic N) is 2. The molecule has 1 saturated heterocycles. The van der Waals surface area contributed by atoms with Gasteiger partial charge in [-0.3, -0.25) is 9.80 Å². The van der Waals surface area contributed by atoms with Crippen molar-refractivity contribution < 1.29 is 4.74 Å². The van der Waals surface area contributed by atoms with Gasteiger partial charge in [-0.15, -0.1) is 0 Å². The van der Waals surface area contributed by atoms with Crippen molar-refractivity contribution in [3.63, 3.8) is 0 Å². The summed E-state index contributed by atoms with van der Waals surface area (Å²) < 4.78 is 5.22. The Hall–Kier alpha value is -1.10. The monoisotopic (exact) mass is 277 g/mol. The van der Waals surface area contributed by atoms with E-state index in [1.165, 1.54) is 5.56 Å². The summed E-state index contributed by atoms with van der Waals surface area (Å²) in [4.78, 5) is 4.92. The Balaban J connectivity index is 2.15. The second-order valence-electron chi connectivity index (χ2n) is 6.23. The number of methoxy groups -OCH3 is 1. The molecule has 112 valence electrons. The summed E-state index contributed by atoms with van der Waals surface area (Å²) >= 11 is 0. The molecular weight excluding hydrogens is 250 g/mol. The van der Waals surface area contributed by atoms with Crippen LogP contribution in [0, 0.1) is 0 Å². The van der Waals surface area contributed by atoms with Crippen LogP contribution in [0.5, 0.6) is 5.75 Å². The second-order valence-corrected chi connectivity index (χ2v) is 6.23. The van der Waals surface area contributed by atoms with Crippen LogP contribution in [0.4, 0.5) is 0 Å². The van der Waals surface area contributed by atoms with E-state index in [0.717, 1.165) is 25.4 Å². The molecule has 0 aliphatic carbocycles. The van der Waals surface area contributed by atoms with E-state index >= 15 is 0 Å². The second kappa shape index (κ2) is 6.12. The standard InChI is InChI=1S/C16H27N3O/c1-16(2)12-19(10-9-18(16)3)15(11-17)13-5-7-14(20-4)8-6-13/h5-8,15H,9-12,17H2,1-4H3. The Morgan fingerprint density at radius 2 is 1.90 bits per heavy atom. The third-order valence-electron chi connectivity index (χ3n) is 4.51. The first kappa shape index (κ1) is 15.3. The lowest BCUT2D eigenvalue weighted by atomic mass is 9.96. The maximum absolute atomic E-state index is 6.04. The van der Waals surface area contributed by atoms with Gasteiger partial charge >= 0.3 is 0 Å². The fourth-order valence-corrected chi connectivity index (χ4v) is 2.87. The number of nitrogens with two attached hydrogens (primary N) is 1. The number of benzene rings is 1. The Morgan fingerprint density at radius 3 is 2.40 bits per heavy atom. The van der Waals surface area contributed by atoms with E-state index in [1.54, 1.807) is 7.11 Å². The molecule has 1 heterocycles. The van der Waals surface area contributed by atoms with Crippen LogP contribution in [0.3, 0.4) is 0 Å². The predicted octanol–water partition coefficient (Wildman–Crippen LogP) is 1.72. The van der Waals surface area contributed by atoms with Gasteiger partial charge in [0, 0.05) is 37.8 Å². The van der Waals surface area contributed by atoms with Crippen LogP contribution in [-0.2, 0) is 0 Å². The van der Waals surface area contributed by atoms with Gasteiger partial charge in [0.25, 0.3) is 0 Å². The van der Waals surface area contributed by atoms with Crippen molar-refractivity contribution in [1.82, 2.24) is 9.80 Å². The SMILES string of the molecule is COc1ccc(C(CN)N2CCN(C)C(C)(C)C2)cc1. The van der Waals surface area contributed by atoms with E-state index in [4.69, 9.17) is 10.5 Å². The fourth-order valence-electron chi connectivity index (χ4n) is 2.87. The largest absolute Gasteiger partial charge is 0.497 e. The number of rotatable bonds is 4. The lowest BCUT2D eigenvalue weighted by molar-refractivity contribution is 0.0180. The third-order valence-corrected chi connectivity index (χ3v) is 4.51. The summed E-state index contributed by atoms with van der Waals surface area (Å²) in [5, 5.41) is 0. The molecule has 4 nitrogen and oxygen atoms in total. The van der Waals surface area contributed by atoms with Crippen LogP contribution in [0.15, 0.2) is 24.3 Å². The molecule has 0 saturated carbocycles. The first-order chi connectivity index (χ1) is 9.47. The molecule has 0 bridgehead atoms. The van der Waals surface area contributed by atoms with Crippen LogP contribution < -0.4 is 10.5 Å². The summed E-state index contributed by atoms with van der Waals surface area (Å²) in [5.74, 6) is 0.892. The smallest absolute Gasteiger partial charge is 0.118 e.